The Morgan fingerprint density at radius 3 is 2.59 bits per heavy atom. The van der Waals surface area contributed by atoms with Gasteiger partial charge < -0.3 is 0 Å². The van der Waals surface area contributed by atoms with Gasteiger partial charge in [0, 0.05) is 15.8 Å². The van der Waals surface area contributed by atoms with Crippen molar-refractivity contribution in [1.29, 1.82) is 0 Å². The molecule has 0 saturated carbocycles. The van der Waals surface area contributed by atoms with Gasteiger partial charge in [-0.05, 0) is 31.0 Å². The number of aromatic nitrogens is 2. The molecular formula is C11H10Cl2FN2O+. The van der Waals surface area contributed by atoms with Gasteiger partial charge in [-0.15, -0.1) is 0 Å². The van der Waals surface area contributed by atoms with Gasteiger partial charge in [0.05, 0.1) is 5.39 Å². The van der Waals surface area contributed by atoms with Gasteiger partial charge in [-0.2, -0.15) is 4.39 Å². The first-order valence-corrected chi connectivity index (χ1v) is 5.63. The maximum Gasteiger partial charge on any atom is 0.361 e. The van der Waals surface area contributed by atoms with E-state index < -0.39 is 5.82 Å². The number of pyridine rings is 2. The fourth-order valence-electron chi connectivity index (χ4n) is 1.68. The van der Waals surface area contributed by atoms with Crippen molar-refractivity contribution in [2.45, 2.75) is 13.8 Å². The van der Waals surface area contributed by atoms with E-state index in [2.05, 4.69) is 4.98 Å². The summed E-state index contributed by atoms with van der Waals surface area (Å²) < 4.78 is 15.3. The van der Waals surface area contributed by atoms with E-state index in [-0.39, 0.29) is 10.3 Å². The molecule has 0 radical (unpaired) electrons. The summed E-state index contributed by atoms with van der Waals surface area (Å²) in [4.78, 5) is 9.05. The second-order valence-electron chi connectivity index (χ2n) is 3.64. The highest BCUT2D eigenvalue weighted by atomic mass is 35.5. The van der Waals surface area contributed by atoms with Crippen LogP contribution in [0.2, 0.25) is 10.3 Å². The number of halogens is 3. The number of nitrogens with zero attached hydrogens (tertiary/aromatic N) is 2. The number of rotatable bonds is 1. The largest absolute Gasteiger partial charge is 0.361 e. The van der Waals surface area contributed by atoms with Gasteiger partial charge in [0.25, 0.3) is 0 Å². The van der Waals surface area contributed by atoms with Crippen molar-refractivity contribution in [2.24, 2.45) is 0 Å². The highest BCUT2D eigenvalue weighted by Crippen LogP contribution is 2.29. The average Bonchev–Trinajstić information content (AvgIpc) is 2.29. The average molecular weight is 276 g/mol. The monoisotopic (exact) mass is 275 g/mol. The quantitative estimate of drug-likeness (QED) is 0.591. The Labute approximate surface area is 108 Å². The highest BCUT2D eigenvalue weighted by molar-refractivity contribution is 6.34. The van der Waals surface area contributed by atoms with Crippen LogP contribution in [0.15, 0.2) is 6.20 Å². The lowest BCUT2D eigenvalue weighted by Crippen LogP contribution is -2.42. The van der Waals surface area contributed by atoms with E-state index in [9.17, 15) is 4.39 Å². The second-order valence-corrected chi connectivity index (χ2v) is 4.36. The summed E-state index contributed by atoms with van der Waals surface area (Å²) in [5.74, 6) is -0.559. The zero-order valence-electron chi connectivity index (χ0n) is 9.51. The van der Waals surface area contributed by atoms with Crippen molar-refractivity contribution < 1.29 is 14.0 Å². The van der Waals surface area contributed by atoms with E-state index in [0.29, 0.717) is 22.0 Å². The first-order chi connectivity index (χ1) is 7.97. The lowest BCUT2D eigenvalue weighted by Gasteiger charge is -2.07. The van der Waals surface area contributed by atoms with Gasteiger partial charge in [0.1, 0.15) is 12.3 Å². The predicted molar refractivity (Wildman–Crippen MR) is 63.9 cm³/mol. The molecule has 2 heterocycles. The molecular weight excluding hydrogens is 266 g/mol. The summed E-state index contributed by atoms with van der Waals surface area (Å²) in [7, 11) is 1.39. The van der Waals surface area contributed by atoms with Crippen LogP contribution in [0.3, 0.4) is 0 Å². The first-order valence-electron chi connectivity index (χ1n) is 4.88. The molecule has 90 valence electrons. The molecule has 0 atom stereocenters. The zero-order chi connectivity index (χ0) is 12.7. The van der Waals surface area contributed by atoms with Crippen molar-refractivity contribution in [2.75, 3.05) is 7.11 Å². The van der Waals surface area contributed by atoms with Gasteiger partial charge >= 0.3 is 5.15 Å². The smallest absolute Gasteiger partial charge is 0.273 e. The lowest BCUT2D eigenvalue weighted by molar-refractivity contribution is -0.883. The predicted octanol–water partition coefficient (Wildman–Crippen LogP) is 2.64. The molecule has 0 aliphatic heterocycles. The van der Waals surface area contributed by atoms with Crippen LogP contribution < -0.4 is 9.57 Å². The van der Waals surface area contributed by atoms with Crippen molar-refractivity contribution in [3.05, 3.63) is 33.6 Å². The van der Waals surface area contributed by atoms with Gasteiger partial charge in [-0.1, -0.05) is 11.6 Å². The lowest BCUT2D eigenvalue weighted by atomic mass is 10.1. The van der Waals surface area contributed by atoms with Crippen LogP contribution in [0.5, 0.6) is 0 Å². The molecule has 0 unspecified atom stereocenters. The summed E-state index contributed by atoms with van der Waals surface area (Å²) in [5, 5.41) is 0.952. The van der Waals surface area contributed by atoms with Crippen LogP contribution in [0.25, 0.3) is 10.8 Å². The molecule has 0 spiro atoms. The van der Waals surface area contributed by atoms with Gasteiger partial charge in [0.15, 0.2) is 0 Å². The number of hydrogen-bond donors (Lipinski definition) is 0. The molecule has 0 aliphatic rings. The van der Waals surface area contributed by atoms with E-state index in [1.165, 1.54) is 13.3 Å². The third-order valence-corrected chi connectivity index (χ3v) is 3.33. The minimum atomic E-state index is -0.559. The molecule has 0 aromatic carbocycles. The number of fused-ring (bicyclic) bond motifs is 1. The fourth-order valence-corrected chi connectivity index (χ4v) is 2.17. The Bertz CT molecular complexity index is 616. The van der Waals surface area contributed by atoms with Gasteiger partial charge in [-0.3, -0.25) is 4.84 Å². The Kier molecular flexibility index (Phi) is 3.10. The Hall–Kier alpha value is -1.13. The maximum absolute atomic E-state index is 14.1. The summed E-state index contributed by atoms with van der Waals surface area (Å²) in [5.41, 5.74) is 1.39. The molecule has 0 aliphatic carbocycles. The zero-order valence-corrected chi connectivity index (χ0v) is 11.0. The molecule has 0 fully saturated rings. The molecule has 3 nitrogen and oxygen atoms in total. The third kappa shape index (κ3) is 1.81. The molecule has 6 heteroatoms. The standard InChI is InChI=1S/C11H10Cl2FN2O/c1-5-6(2)15-10(12)7-4-16(17-3)11(13)9(14)8(5)7/h4H,1-3H3/q+1. The summed E-state index contributed by atoms with van der Waals surface area (Å²) in [6.45, 7) is 3.54. The summed E-state index contributed by atoms with van der Waals surface area (Å²) in [6.07, 6.45) is 1.52. The molecule has 2 aromatic heterocycles. The fraction of sp³-hybridized carbons (Fsp3) is 0.273. The molecule has 0 amide bonds. The molecule has 0 N–H and O–H groups in total. The Morgan fingerprint density at radius 2 is 2.00 bits per heavy atom. The number of hydrogen-bond acceptors (Lipinski definition) is 2. The van der Waals surface area contributed by atoms with Crippen LogP contribution in [0.4, 0.5) is 4.39 Å². The van der Waals surface area contributed by atoms with Crippen LogP contribution in [-0.2, 0) is 0 Å². The molecule has 2 aromatic rings. The van der Waals surface area contributed by atoms with Crippen LogP contribution in [-0.4, -0.2) is 12.1 Å². The normalized spacial score (nSPS) is 10.9. The van der Waals surface area contributed by atoms with E-state index in [1.807, 2.05) is 0 Å². The minimum Gasteiger partial charge on any atom is -0.273 e. The Balaban J connectivity index is 3.01. The van der Waals surface area contributed by atoms with Crippen LogP contribution in [0, 0.1) is 19.7 Å². The minimum absolute atomic E-state index is 0.121. The second kappa shape index (κ2) is 4.27. The first kappa shape index (κ1) is 12.3. The van der Waals surface area contributed by atoms with E-state index >= 15 is 0 Å². The molecule has 0 saturated heterocycles. The maximum atomic E-state index is 14.1. The van der Waals surface area contributed by atoms with E-state index in [0.717, 1.165) is 4.73 Å². The number of aryl methyl sites for hydroxylation is 2. The van der Waals surface area contributed by atoms with Crippen LogP contribution in [0.1, 0.15) is 11.3 Å². The van der Waals surface area contributed by atoms with Gasteiger partial charge in [-0.25, -0.2) is 4.98 Å². The SMILES string of the molecule is CO[n+]1cc2c(Cl)nc(C)c(C)c2c(F)c1Cl. The molecule has 0 bridgehead atoms. The van der Waals surface area contributed by atoms with E-state index in [1.54, 1.807) is 13.8 Å². The summed E-state index contributed by atoms with van der Waals surface area (Å²) in [6, 6.07) is 0. The van der Waals surface area contributed by atoms with E-state index in [4.69, 9.17) is 28.0 Å². The van der Waals surface area contributed by atoms with Crippen molar-refractivity contribution in [3.8, 4) is 0 Å². The topological polar surface area (TPSA) is 26.0 Å². The molecule has 17 heavy (non-hydrogen) atoms. The summed E-state index contributed by atoms with van der Waals surface area (Å²) >= 11 is 11.8. The van der Waals surface area contributed by atoms with Crippen molar-refractivity contribution >= 4 is 34.0 Å². The van der Waals surface area contributed by atoms with Crippen molar-refractivity contribution in [1.82, 2.24) is 4.98 Å². The Morgan fingerprint density at radius 1 is 1.35 bits per heavy atom. The third-order valence-electron chi connectivity index (χ3n) is 2.71. The highest BCUT2D eigenvalue weighted by Gasteiger charge is 2.24. The van der Waals surface area contributed by atoms with Gasteiger partial charge in [0.2, 0.25) is 12.0 Å². The van der Waals surface area contributed by atoms with Crippen molar-refractivity contribution in [3.63, 3.8) is 0 Å². The molecule has 2 rings (SSSR count). The van der Waals surface area contributed by atoms with Crippen LogP contribution >= 0.6 is 23.2 Å².